The van der Waals surface area contributed by atoms with Crippen molar-refractivity contribution in [1.82, 2.24) is 19.7 Å². The molecule has 1 aromatic carbocycles. The van der Waals surface area contributed by atoms with Crippen LogP contribution in [0.2, 0.25) is 0 Å². The minimum Gasteiger partial charge on any atom is -0.304 e. The highest BCUT2D eigenvalue weighted by Gasteiger charge is 2.21. The van der Waals surface area contributed by atoms with Gasteiger partial charge in [0, 0.05) is 18.7 Å². The van der Waals surface area contributed by atoms with Gasteiger partial charge in [0.2, 0.25) is 0 Å². The fraction of sp³-hybridized carbons (Fsp3) is 0.200. The lowest BCUT2D eigenvalue weighted by atomic mass is 10.2. The maximum absolute atomic E-state index is 13.4. The van der Waals surface area contributed by atoms with E-state index in [1.165, 1.54) is 24.3 Å². The third-order valence-corrected chi connectivity index (χ3v) is 5.60. The third-order valence-electron chi connectivity index (χ3n) is 4.57. The number of amides is 1. The number of nitrogens with one attached hydrogen (secondary N) is 1. The third kappa shape index (κ3) is 3.99. The molecular formula is C20H17FN6O3S. The van der Waals surface area contributed by atoms with E-state index in [0.717, 1.165) is 23.5 Å². The number of fused-ring (bicyclic) bond motifs is 1. The number of anilines is 1. The number of thiophene rings is 1. The van der Waals surface area contributed by atoms with Gasteiger partial charge in [-0.05, 0) is 36.8 Å². The number of aromatic nitrogens is 4. The molecule has 0 aliphatic heterocycles. The molecule has 3 heterocycles. The zero-order valence-electron chi connectivity index (χ0n) is 16.6. The fourth-order valence-corrected chi connectivity index (χ4v) is 3.89. The molecule has 0 saturated carbocycles. The summed E-state index contributed by atoms with van der Waals surface area (Å²) in [5.74, 6) is -0.375. The highest BCUT2D eigenvalue weighted by atomic mass is 32.1. The molecule has 0 aliphatic carbocycles. The first-order valence-electron chi connectivity index (χ1n) is 9.42. The van der Waals surface area contributed by atoms with Crippen molar-refractivity contribution in [2.45, 2.75) is 19.8 Å². The van der Waals surface area contributed by atoms with Crippen LogP contribution < -0.4 is 5.32 Å². The molecule has 0 aliphatic rings. The lowest BCUT2D eigenvalue weighted by Gasteiger charge is -2.09. The van der Waals surface area contributed by atoms with Crippen LogP contribution in [0.5, 0.6) is 0 Å². The van der Waals surface area contributed by atoms with Gasteiger partial charge in [0.05, 0.1) is 15.5 Å². The molecule has 0 radical (unpaired) electrons. The van der Waals surface area contributed by atoms with Gasteiger partial charge in [0.25, 0.3) is 5.91 Å². The average Bonchev–Trinajstić information content (AvgIpc) is 3.35. The molecule has 3 aromatic heterocycles. The zero-order chi connectivity index (χ0) is 22.1. The predicted molar refractivity (Wildman–Crippen MR) is 115 cm³/mol. The standard InChI is InChI=1S/C20H17FN6O3S/c1-3-4-13-16-17(26(2)25-13)19(23-18(22-16)11-5-7-12(21)8-6-11)24-20(28)14-9-10-15(31-14)27(29)30/h5-10H,3-4H2,1-2H3,(H,22,23,24,28). The van der Waals surface area contributed by atoms with Gasteiger partial charge >= 0.3 is 5.00 Å². The summed E-state index contributed by atoms with van der Waals surface area (Å²) in [4.78, 5) is 32.4. The van der Waals surface area contributed by atoms with Crippen LogP contribution >= 0.6 is 11.3 Å². The number of nitro groups is 1. The molecule has 11 heteroatoms. The van der Waals surface area contributed by atoms with E-state index in [-0.39, 0.29) is 21.5 Å². The molecule has 0 unspecified atom stereocenters. The Hall–Kier alpha value is -3.73. The van der Waals surface area contributed by atoms with Crippen LogP contribution in [0.3, 0.4) is 0 Å². The minimum absolute atomic E-state index is 0.129. The average molecular weight is 440 g/mol. The summed E-state index contributed by atoms with van der Waals surface area (Å²) < 4.78 is 15.0. The van der Waals surface area contributed by atoms with Gasteiger partial charge in [-0.15, -0.1) is 0 Å². The van der Waals surface area contributed by atoms with Crippen LogP contribution in [0, 0.1) is 15.9 Å². The maximum atomic E-state index is 13.4. The second-order valence-corrected chi connectivity index (χ2v) is 7.83. The molecule has 9 nitrogen and oxygen atoms in total. The second-order valence-electron chi connectivity index (χ2n) is 6.77. The molecule has 1 amide bonds. The molecule has 0 bridgehead atoms. The van der Waals surface area contributed by atoms with Crippen molar-refractivity contribution in [2.24, 2.45) is 7.05 Å². The number of carbonyl (C=O) groups is 1. The molecule has 31 heavy (non-hydrogen) atoms. The summed E-state index contributed by atoms with van der Waals surface area (Å²) in [6.07, 6.45) is 1.53. The van der Waals surface area contributed by atoms with Crippen molar-refractivity contribution >= 4 is 39.1 Å². The van der Waals surface area contributed by atoms with E-state index in [2.05, 4.69) is 20.4 Å². The molecule has 4 aromatic rings. The molecule has 4 rings (SSSR count). The Morgan fingerprint density at radius 1 is 1.23 bits per heavy atom. The van der Waals surface area contributed by atoms with Gasteiger partial charge in [-0.3, -0.25) is 19.6 Å². The van der Waals surface area contributed by atoms with Gasteiger partial charge in [-0.1, -0.05) is 24.7 Å². The van der Waals surface area contributed by atoms with E-state index >= 15 is 0 Å². The Morgan fingerprint density at radius 3 is 2.61 bits per heavy atom. The van der Waals surface area contributed by atoms with Crippen molar-refractivity contribution in [1.29, 1.82) is 0 Å². The van der Waals surface area contributed by atoms with Crippen LogP contribution in [0.15, 0.2) is 36.4 Å². The molecule has 1 N–H and O–H groups in total. The monoisotopic (exact) mass is 440 g/mol. The van der Waals surface area contributed by atoms with Crippen molar-refractivity contribution in [3.05, 3.63) is 62.9 Å². The van der Waals surface area contributed by atoms with Crippen LogP contribution in [-0.2, 0) is 13.5 Å². The van der Waals surface area contributed by atoms with Crippen molar-refractivity contribution < 1.29 is 14.1 Å². The van der Waals surface area contributed by atoms with Crippen LogP contribution in [-0.4, -0.2) is 30.6 Å². The van der Waals surface area contributed by atoms with Gasteiger partial charge in [0.15, 0.2) is 11.6 Å². The van der Waals surface area contributed by atoms with Crippen LogP contribution in [0.25, 0.3) is 22.4 Å². The highest BCUT2D eigenvalue weighted by molar-refractivity contribution is 7.17. The lowest BCUT2D eigenvalue weighted by Crippen LogP contribution is -2.13. The molecule has 0 atom stereocenters. The van der Waals surface area contributed by atoms with E-state index < -0.39 is 10.8 Å². The SMILES string of the molecule is CCCc1nn(C)c2c(NC(=O)c3ccc([N+](=O)[O-])s3)nc(-c3ccc(F)cc3)nc12. The Bertz CT molecular complexity index is 1300. The first-order valence-corrected chi connectivity index (χ1v) is 10.2. The van der Waals surface area contributed by atoms with E-state index in [9.17, 15) is 19.3 Å². The molecule has 0 saturated heterocycles. The molecule has 0 fully saturated rings. The summed E-state index contributed by atoms with van der Waals surface area (Å²) in [7, 11) is 1.73. The largest absolute Gasteiger partial charge is 0.324 e. The summed E-state index contributed by atoms with van der Waals surface area (Å²) in [5.41, 5.74) is 2.46. The number of carbonyl (C=O) groups excluding carboxylic acids is 1. The van der Waals surface area contributed by atoms with E-state index in [0.29, 0.717) is 28.8 Å². The topological polar surface area (TPSA) is 116 Å². The quantitative estimate of drug-likeness (QED) is 0.352. The smallest absolute Gasteiger partial charge is 0.304 e. The summed E-state index contributed by atoms with van der Waals surface area (Å²) in [6, 6.07) is 8.40. The van der Waals surface area contributed by atoms with Crippen LogP contribution in [0.4, 0.5) is 15.2 Å². The Balaban J connectivity index is 1.82. The Labute approximate surface area is 179 Å². The highest BCUT2D eigenvalue weighted by Crippen LogP contribution is 2.29. The number of aryl methyl sites for hydroxylation is 2. The number of benzene rings is 1. The number of hydrogen-bond donors (Lipinski definition) is 1. The van der Waals surface area contributed by atoms with E-state index in [1.807, 2.05) is 6.92 Å². The van der Waals surface area contributed by atoms with Gasteiger partial charge in [-0.2, -0.15) is 5.10 Å². The van der Waals surface area contributed by atoms with Crippen molar-refractivity contribution in [2.75, 3.05) is 5.32 Å². The second kappa shape index (κ2) is 8.19. The first kappa shape index (κ1) is 20.5. The van der Waals surface area contributed by atoms with E-state index in [4.69, 9.17) is 0 Å². The van der Waals surface area contributed by atoms with Gasteiger partial charge in [0.1, 0.15) is 16.9 Å². The summed E-state index contributed by atoms with van der Waals surface area (Å²) in [6.45, 7) is 2.02. The van der Waals surface area contributed by atoms with Crippen molar-refractivity contribution in [3.8, 4) is 11.4 Å². The molecular weight excluding hydrogens is 423 g/mol. The maximum Gasteiger partial charge on any atom is 0.324 e. The number of hydrogen-bond acceptors (Lipinski definition) is 7. The summed E-state index contributed by atoms with van der Waals surface area (Å²) in [5, 5.41) is 18.0. The normalized spacial score (nSPS) is 11.1. The Morgan fingerprint density at radius 2 is 1.97 bits per heavy atom. The predicted octanol–water partition coefficient (Wildman–Crippen LogP) is 4.34. The number of halogens is 1. The molecule has 158 valence electrons. The Kier molecular flexibility index (Phi) is 5.42. The van der Waals surface area contributed by atoms with Crippen molar-refractivity contribution in [3.63, 3.8) is 0 Å². The first-order chi connectivity index (χ1) is 14.9. The zero-order valence-corrected chi connectivity index (χ0v) is 17.4. The number of nitrogens with zero attached hydrogens (tertiary/aromatic N) is 5. The minimum atomic E-state index is -0.547. The van der Waals surface area contributed by atoms with Crippen LogP contribution in [0.1, 0.15) is 28.7 Å². The number of rotatable bonds is 6. The fourth-order valence-electron chi connectivity index (χ4n) is 3.18. The van der Waals surface area contributed by atoms with Gasteiger partial charge in [-0.25, -0.2) is 14.4 Å². The lowest BCUT2D eigenvalue weighted by molar-refractivity contribution is -0.380. The molecule has 0 spiro atoms. The summed E-state index contributed by atoms with van der Waals surface area (Å²) >= 11 is 0.775. The van der Waals surface area contributed by atoms with Gasteiger partial charge < -0.3 is 5.32 Å². The van der Waals surface area contributed by atoms with E-state index in [1.54, 1.807) is 23.9 Å².